The standard InChI is InChI=1S/C5H10BNS/c6-7-3-1-5(8)2-4-7/h5,8H,1-4H2. The maximum atomic E-state index is 5.50. The first kappa shape index (κ1) is 6.49. The molecule has 0 aliphatic carbocycles. The molecule has 1 aliphatic rings. The molecule has 0 bridgehead atoms. The van der Waals surface area contributed by atoms with E-state index < -0.39 is 0 Å². The zero-order valence-corrected chi connectivity index (χ0v) is 5.77. The molecule has 0 spiro atoms. The van der Waals surface area contributed by atoms with Crippen LogP contribution in [0.2, 0.25) is 0 Å². The molecule has 0 amide bonds. The average Bonchev–Trinajstić information content (AvgIpc) is 1.77. The van der Waals surface area contributed by atoms with Crippen LogP contribution in [0, 0.1) is 0 Å². The average molecular weight is 127 g/mol. The number of piperidine rings is 1. The minimum absolute atomic E-state index is 0.592. The Morgan fingerprint density at radius 1 is 1.38 bits per heavy atom. The fourth-order valence-electron chi connectivity index (χ4n) is 0.886. The van der Waals surface area contributed by atoms with E-state index in [-0.39, 0.29) is 0 Å². The van der Waals surface area contributed by atoms with E-state index in [4.69, 9.17) is 7.98 Å². The summed E-state index contributed by atoms with van der Waals surface area (Å²) < 4.78 is 0. The maximum Gasteiger partial charge on any atom is 0.182 e. The molecule has 1 saturated heterocycles. The minimum atomic E-state index is 0.592. The second-order valence-corrected chi connectivity index (χ2v) is 3.00. The van der Waals surface area contributed by atoms with Crippen LogP contribution in [-0.4, -0.2) is 31.1 Å². The Bertz CT molecular complexity index is 60.8. The number of hydrogen-bond acceptors (Lipinski definition) is 2. The molecule has 1 heterocycles. The van der Waals surface area contributed by atoms with E-state index in [0.29, 0.717) is 5.25 Å². The Morgan fingerprint density at radius 2 is 1.88 bits per heavy atom. The third kappa shape index (κ3) is 1.71. The van der Waals surface area contributed by atoms with Crippen molar-refractivity contribution in [3.8, 4) is 0 Å². The van der Waals surface area contributed by atoms with Crippen LogP contribution in [0.5, 0.6) is 0 Å². The Balaban J connectivity index is 2.19. The van der Waals surface area contributed by atoms with Crippen molar-refractivity contribution >= 4 is 20.6 Å². The summed E-state index contributed by atoms with van der Waals surface area (Å²) in [6, 6.07) is 0. The number of nitrogens with zero attached hydrogens (tertiary/aromatic N) is 1. The van der Waals surface area contributed by atoms with Gasteiger partial charge in [-0.2, -0.15) is 12.6 Å². The highest BCUT2D eigenvalue weighted by Gasteiger charge is 2.11. The van der Waals surface area contributed by atoms with E-state index in [1.807, 2.05) is 4.81 Å². The van der Waals surface area contributed by atoms with Gasteiger partial charge >= 0.3 is 0 Å². The molecule has 2 radical (unpaired) electrons. The van der Waals surface area contributed by atoms with Gasteiger partial charge in [0.15, 0.2) is 7.98 Å². The lowest BCUT2D eigenvalue weighted by Gasteiger charge is -2.26. The van der Waals surface area contributed by atoms with Gasteiger partial charge in [0.1, 0.15) is 0 Å². The molecule has 1 rings (SSSR count). The smallest absolute Gasteiger partial charge is 0.182 e. The Hall–Kier alpha value is 0.375. The molecule has 0 N–H and O–H groups in total. The van der Waals surface area contributed by atoms with Gasteiger partial charge in [0.05, 0.1) is 0 Å². The van der Waals surface area contributed by atoms with Crippen LogP contribution in [0.4, 0.5) is 0 Å². The summed E-state index contributed by atoms with van der Waals surface area (Å²) in [5.74, 6) is 0. The van der Waals surface area contributed by atoms with Crippen LogP contribution in [0.3, 0.4) is 0 Å². The predicted octanol–water partition coefficient (Wildman–Crippen LogP) is 0.464. The van der Waals surface area contributed by atoms with Crippen LogP contribution >= 0.6 is 12.6 Å². The predicted molar refractivity (Wildman–Crippen MR) is 39.3 cm³/mol. The third-order valence-electron chi connectivity index (χ3n) is 1.50. The SMILES string of the molecule is [B]N1CCC(S)CC1. The van der Waals surface area contributed by atoms with Crippen molar-refractivity contribution in [3.63, 3.8) is 0 Å². The van der Waals surface area contributed by atoms with Crippen LogP contribution < -0.4 is 0 Å². The molecule has 3 heteroatoms. The lowest BCUT2D eigenvalue weighted by molar-refractivity contribution is 0.375. The lowest BCUT2D eigenvalue weighted by atomic mass is 10.1. The van der Waals surface area contributed by atoms with Crippen molar-refractivity contribution in [1.29, 1.82) is 0 Å². The van der Waals surface area contributed by atoms with Crippen LogP contribution in [0.15, 0.2) is 0 Å². The Morgan fingerprint density at radius 3 is 2.25 bits per heavy atom. The van der Waals surface area contributed by atoms with Gasteiger partial charge < -0.3 is 4.81 Å². The van der Waals surface area contributed by atoms with E-state index in [1.54, 1.807) is 0 Å². The Labute approximate surface area is 57.3 Å². The highest BCUT2D eigenvalue weighted by Crippen LogP contribution is 2.12. The number of rotatable bonds is 0. The van der Waals surface area contributed by atoms with Crippen LogP contribution in [-0.2, 0) is 0 Å². The van der Waals surface area contributed by atoms with Crippen LogP contribution in [0.25, 0.3) is 0 Å². The molecular weight excluding hydrogens is 117 g/mol. The molecule has 44 valence electrons. The maximum absolute atomic E-state index is 5.50. The Kier molecular flexibility index (Phi) is 2.26. The van der Waals surface area contributed by atoms with E-state index in [0.717, 1.165) is 25.9 Å². The molecule has 0 aromatic carbocycles. The van der Waals surface area contributed by atoms with Gasteiger partial charge in [0.2, 0.25) is 0 Å². The quantitative estimate of drug-likeness (QED) is 0.365. The largest absolute Gasteiger partial charge is 0.353 e. The van der Waals surface area contributed by atoms with E-state index in [9.17, 15) is 0 Å². The highest BCUT2D eigenvalue weighted by molar-refractivity contribution is 7.80. The van der Waals surface area contributed by atoms with Crippen molar-refractivity contribution in [1.82, 2.24) is 4.81 Å². The molecule has 0 unspecified atom stereocenters. The highest BCUT2D eigenvalue weighted by atomic mass is 32.1. The summed E-state index contributed by atoms with van der Waals surface area (Å²) in [6.07, 6.45) is 2.28. The summed E-state index contributed by atoms with van der Waals surface area (Å²) in [5, 5.41) is 0.592. The minimum Gasteiger partial charge on any atom is -0.353 e. The van der Waals surface area contributed by atoms with Gasteiger partial charge in [-0.15, -0.1) is 0 Å². The van der Waals surface area contributed by atoms with Crippen LogP contribution in [0.1, 0.15) is 12.8 Å². The first-order chi connectivity index (χ1) is 3.79. The topological polar surface area (TPSA) is 3.24 Å². The second kappa shape index (κ2) is 2.78. The third-order valence-corrected chi connectivity index (χ3v) is 2.02. The van der Waals surface area contributed by atoms with E-state index >= 15 is 0 Å². The van der Waals surface area contributed by atoms with E-state index in [2.05, 4.69) is 12.6 Å². The van der Waals surface area contributed by atoms with Gasteiger partial charge in [0.25, 0.3) is 0 Å². The van der Waals surface area contributed by atoms with Gasteiger partial charge in [-0.1, -0.05) is 0 Å². The summed E-state index contributed by atoms with van der Waals surface area (Å²) in [7, 11) is 5.50. The molecule has 0 atom stereocenters. The summed E-state index contributed by atoms with van der Waals surface area (Å²) in [4.78, 5) is 1.85. The normalized spacial score (nSPS) is 26.1. The molecule has 1 aliphatic heterocycles. The van der Waals surface area contributed by atoms with Gasteiger partial charge in [-0.3, -0.25) is 0 Å². The van der Waals surface area contributed by atoms with E-state index in [1.165, 1.54) is 0 Å². The first-order valence-corrected chi connectivity index (χ1v) is 3.48. The van der Waals surface area contributed by atoms with Crippen molar-refractivity contribution < 1.29 is 0 Å². The zero-order valence-electron chi connectivity index (χ0n) is 4.88. The summed E-state index contributed by atoms with van der Waals surface area (Å²) >= 11 is 4.32. The fourth-order valence-corrected chi connectivity index (χ4v) is 1.12. The lowest BCUT2D eigenvalue weighted by Crippen LogP contribution is -2.31. The van der Waals surface area contributed by atoms with Crippen molar-refractivity contribution in [3.05, 3.63) is 0 Å². The van der Waals surface area contributed by atoms with Crippen molar-refractivity contribution in [2.45, 2.75) is 18.1 Å². The monoisotopic (exact) mass is 127 g/mol. The molecular formula is C5H10BNS. The molecule has 8 heavy (non-hydrogen) atoms. The summed E-state index contributed by atoms with van der Waals surface area (Å²) in [6.45, 7) is 2.02. The molecule has 1 fully saturated rings. The molecule has 1 nitrogen and oxygen atoms in total. The van der Waals surface area contributed by atoms with Gasteiger partial charge in [-0.25, -0.2) is 0 Å². The van der Waals surface area contributed by atoms with Crippen molar-refractivity contribution in [2.75, 3.05) is 13.1 Å². The first-order valence-electron chi connectivity index (χ1n) is 2.97. The second-order valence-electron chi connectivity index (χ2n) is 2.27. The zero-order chi connectivity index (χ0) is 5.98. The molecule has 0 saturated carbocycles. The molecule has 0 aromatic heterocycles. The summed E-state index contributed by atoms with van der Waals surface area (Å²) in [5.41, 5.74) is 0. The van der Waals surface area contributed by atoms with Gasteiger partial charge in [-0.05, 0) is 25.9 Å². The fraction of sp³-hybridized carbons (Fsp3) is 1.00. The molecule has 0 aromatic rings. The van der Waals surface area contributed by atoms with Gasteiger partial charge in [0, 0.05) is 5.25 Å². The number of hydrogen-bond donors (Lipinski definition) is 1. The number of thiol groups is 1. The van der Waals surface area contributed by atoms with Crippen molar-refractivity contribution in [2.24, 2.45) is 0 Å².